The molecule has 0 amide bonds. The second-order valence-electron chi connectivity index (χ2n) is 9.10. The molecule has 2 heterocycles. The van der Waals surface area contributed by atoms with Crippen molar-refractivity contribution in [3.63, 3.8) is 0 Å². The van der Waals surface area contributed by atoms with Crippen molar-refractivity contribution in [2.24, 2.45) is 0 Å². The Balaban J connectivity index is 1.24. The minimum Gasteiger partial charge on any atom is -0.486 e. The fraction of sp³-hybridized carbons (Fsp3) is 0.310. The SMILES string of the molecule is Cc1ccc(C2CC(O)CC(CO)O2)cc1Cc1ccc(OCc2cc3ccccc3o2)cc1. The molecule has 1 aliphatic rings. The number of furan rings is 1. The molecule has 0 radical (unpaired) electrons. The molecule has 3 atom stereocenters. The Morgan fingerprint density at radius 1 is 0.971 bits per heavy atom. The molecule has 0 bridgehead atoms. The van der Waals surface area contributed by atoms with Gasteiger partial charge in [0.05, 0.1) is 24.9 Å². The van der Waals surface area contributed by atoms with E-state index in [2.05, 4.69) is 37.3 Å². The van der Waals surface area contributed by atoms with Crippen LogP contribution in [0, 0.1) is 6.92 Å². The van der Waals surface area contributed by atoms with E-state index in [1.165, 1.54) is 16.7 Å². The first kappa shape index (κ1) is 22.7. The Morgan fingerprint density at radius 2 is 1.79 bits per heavy atom. The highest BCUT2D eigenvalue weighted by molar-refractivity contribution is 5.77. The van der Waals surface area contributed by atoms with Gasteiger partial charge in [-0.15, -0.1) is 0 Å². The fourth-order valence-corrected chi connectivity index (χ4v) is 4.59. The Labute approximate surface area is 199 Å². The molecule has 1 aromatic heterocycles. The lowest BCUT2D eigenvalue weighted by molar-refractivity contribution is -0.113. The fourth-order valence-electron chi connectivity index (χ4n) is 4.59. The van der Waals surface area contributed by atoms with Crippen LogP contribution in [0.5, 0.6) is 5.75 Å². The van der Waals surface area contributed by atoms with Gasteiger partial charge in [0.15, 0.2) is 0 Å². The molecule has 3 unspecified atom stereocenters. The molecule has 1 saturated heterocycles. The summed E-state index contributed by atoms with van der Waals surface area (Å²) >= 11 is 0. The predicted octanol–water partition coefficient (Wildman–Crippen LogP) is 5.48. The Kier molecular flexibility index (Phi) is 6.68. The smallest absolute Gasteiger partial charge is 0.146 e. The molecule has 176 valence electrons. The van der Waals surface area contributed by atoms with Crippen molar-refractivity contribution in [2.45, 2.75) is 51.1 Å². The van der Waals surface area contributed by atoms with Gasteiger partial charge in [0, 0.05) is 18.2 Å². The summed E-state index contributed by atoms with van der Waals surface area (Å²) < 4.78 is 17.7. The number of aryl methyl sites for hydroxylation is 1. The van der Waals surface area contributed by atoms with E-state index in [1.54, 1.807) is 0 Å². The largest absolute Gasteiger partial charge is 0.486 e. The molecule has 34 heavy (non-hydrogen) atoms. The van der Waals surface area contributed by atoms with Crippen LogP contribution in [0.25, 0.3) is 11.0 Å². The molecule has 0 saturated carbocycles. The summed E-state index contributed by atoms with van der Waals surface area (Å²) in [5.74, 6) is 1.60. The number of benzene rings is 3. The molecule has 1 aliphatic heterocycles. The zero-order valence-corrected chi connectivity index (χ0v) is 19.3. The second-order valence-corrected chi connectivity index (χ2v) is 9.10. The number of fused-ring (bicyclic) bond motifs is 1. The summed E-state index contributed by atoms with van der Waals surface area (Å²) in [6, 6.07) is 24.4. The molecule has 3 aromatic carbocycles. The van der Waals surface area contributed by atoms with Crippen molar-refractivity contribution in [3.8, 4) is 5.75 Å². The van der Waals surface area contributed by atoms with Crippen LogP contribution >= 0.6 is 0 Å². The van der Waals surface area contributed by atoms with Gasteiger partial charge in [0.1, 0.15) is 23.7 Å². The normalized spacial score (nSPS) is 20.5. The van der Waals surface area contributed by atoms with Gasteiger partial charge in [0.25, 0.3) is 0 Å². The maximum Gasteiger partial charge on any atom is 0.146 e. The molecule has 4 aromatic rings. The van der Waals surface area contributed by atoms with Gasteiger partial charge in [-0.1, -0.05) is 48.5 Å². The summed E-state index contributed by atoms with van der Waals surface area (Å²) in [7, 11) is 0. The Bertz CT molecular complexity index is 1210. The number of hydrogen-bond acceptors (Lipinski definition) is 5. The van der Waals surface area contributed by atoms with Crippen molar-refractivity contribution >= 4 is 11.0 Å². The lowest BCUT2D eigenvalue weighted by atomic mass is 9.92. The van der Waals surface area contributed by atoms with Gasteiger partial charge < -0.3 is 24.1 Å². The average Bonchev–Trinajstić information content (AvgIpc) is 3.27. The van der Waals surface area contributed by atoms with Crippen molar-refractivity contribution in [2.75, 3.05) is 6.61 Å². The van der Waals surface area contributed by atoms with Gasteiger partial charge >= 0.3 is 0 Å². The first-order valence-electron chi connectivity index (χ1n) is 11.8. The van der Waals surface area contributed by atoms with E-state index < -0.39 is 6.10 Å². The van der Waals surface area contributed by atoms with Crippen molar-refractivity contribution in [1.29, 1.82) is 0 Å². The van der Waals surface area contributed by atoms with Gasteiger partial charge in [-0.05, 0) is 59.9 Å². The summed E-state index contributed by atoms with van der Waals surface area (Å²) in [5, 5.41) is 20.7. The van der Waals surface area contributed by atoms with Crippen LogP contribution < -0.4 is 4.74 Å². The van der Waals surface area contributed by atoms with Gasteiger partial charge in [-0.3, -0.25) is 0 Å². The predicted molar refractivity (Wildman–Crippen MR) is 131 cm³/mol. The molecule has 1 fully saturated rings. The standard InChI is InChI=1S/C29H30O5/c1-19-6-9-22(29-16-24(31)15-26(17-30)33-29)13-23(19)12-20-7-10-25(11-8-20)32-18-27-14-21-4-2-3-5-28(21)34-27/h2-11,13-14,24,26,29-31H,12,15-18H2,1H3. The number of ether oxygens (including phenoxy) is 2. The van der Waals surface area contributed by atoms with E-state index in [0.717, 1.165) is 34.5 Å². The third-order valence-corrected chi connectivity index (χ3v) is 6.50. The highest BCUT2D eigenvalue weighted by atomic mass is 16.5. The van der Waals surface area contributed by atoms with E-state index in [9.17, 15) is 10.2 Å². The first-order valence-corrected chi connectivity index (χ1v) is 11.8. The topological polar surface area (TPSA) is 72.1 Å². The van der Waals surface area contributed by atoms with Crippen LogP contribution in [0.15, 0.2) is 77.2 Å². The zero-order chi connectivity index (χ0) is 23.5. The molecule has 5 heteroatoms. The second kappa shape index (κ2) is 10.0. The van der Waals surface area contributed by atoms with Crippen LogP contribution in [0.2, 0.25) is 0 Å². The number of aliphatic hydroxyl groups is 2. The van der Waals surface area contributed by atoms with E-state index in [1.807, 2.05) is 42.5 Å². The first-order chi connectivity index (χ1) is 16.6. The molecule has 0 spiro atoms. The van der Waals surface area contributed by atoms with Gasteiger partial charge in [-0.2, -0.15) is 0 Å². The maximum absolute atomic E-state index is 10.2. The summed E-state index contributed by atoms with van der Waals surface area (Å²) in [6.45, 7) is 2.42. The zero-order valence-electron chi connectivity index (χ0n) is 19.3. The van der Waals surface area contributed by atoms with Crippen LogP contribution in [0.1, 0.15) is 47.0 Å². The minimum absolute atomic E-state index is 0.0724. The number of rotatable bonds is 7. The van der Waals surface area contributed by atoms with E-state index >= 15 is 0 Å². The average molecular weight is 459 g/mol. The lowest BCUT2D eigenvalue weighted by Gasteiger charge is -2.32. The summed E-state index contributed by atoms with van der Waals surface area (Å²) in [5.41, 5.74) is 5.54. The third-order valence-electron chi connectivity index (χ3n) is 6.50. The quantitative estimate of drug-likeness (QED) is 0.383. The Hall–Kier alpha value is -3.12. The van der Waals surface area contributed by atoms with Gasteiger partial charge in [-0.25, -0.2) is 0 Å². The lowest BCUT2D eigenvalue weighted by Crippen LogP contribution is -2.33. The molecule has 5 rings (SSSR count). The number of hydrogen-bond donors (Lipinski definition) is 2. The molecular formula is C29H30O5. The van der Waals surface area contributed by atoms with Crippen LogP contribution in [-0.4, -0.2) is 29.0 Å². The van der Waals surface area contributed by atoms with E-state index in [-0.39, 0.29) is 18.8 Å². The van der Waals surface area contributed by atoms with Gasteiger partial charge in [0.2, 0.25) is 0 Å². The highest BCUT2D eigenvalue weighted by Crippen LogP contribution is 2.33. The summed E-state index contributed by atoms with van der Waals surface area (Å²) in [4.78, 5) is 0. The minimum atomic E-state index is -0.451. The maximum atomic E-state index is 10.2. The monoisotopic (exact) mass is 458 g/mol. The number of para-hydroxylation sites is 1. The number of aliphatic hydroxyl groups excluding tert-OH is 2. The molecule has 0 aliphatic carbocycles. The van der Waals surface area contributed by atoms with Crippen molar-refractivity contribution < 1.29 is 24.1 Å². The van der Waals surface area contributed by atoms with Crippen molar-refractivity contribution in [1.82, 2.24) is 0 Å². The molecule has 5 nitrogen and oxygen atoms in total. The Morgan fingerprint density at radius 3 is 2.59 bits per heavy atom. The van der Waals surface area contributed by atoms with Crippen LogP contribution in [0.4, 0.5) is 0 Å². The van der Waals surface area contributed by atoms with Crippen LogP contribution in [-0.2, 0) is 17.8 Å². The summed E-state index contributed by atoms with van der Waals surface area (Å²) in [6.07, 6.45) is 0.863. The molecule has 2 N–H and O–H groups in total. The third kappa shape index (κ3) is 5.17. The van der Waals surface area contributed by atoms with Crippen molar-refractivity contribution in [3.05, 3.63) is 101 Å². The molecular weight excluding hydrogens is 428 g/mol. The van der Waals surface area contributed by atoms with E-state index in [4.69, 9.17) is 13.9 Å². The van der Waals surface area contributed by atoms with Crippen LogP contribution in [0.3, 0.4) is 0 Å². The van der Waals surface area contributed by atoms with E-state index in [0.29, 0.717) is 19.4 Å². The highest BCUT2D eigenvalue weighted by Gasteiger charge is 2.29.